The summed E-state index contributed by atoms with van der Waals surface area (Å²) in [5.74, 6) is 0. The van der Waals surface area contributed by atoms with Crippen LogP contribution in [-0.4, -0.2) is 4.57 Å². The van der Waals surface area contributed by atoms with E-state index < -0.39 is 0 Å². The largest absolute Gasteiger partial charge is 0.310 e. The topological polar surface area (TPSA) is 8.17 Å². The number of fused-ring (bicyclic) bond motifs is 9. The molecule has 0 saturated carbocycles. The Hall–Kier alpha value is -6.68. The lowest BCUT2D eigenvalue weighted by atomic mass is 9.98. The molecule has 2 heterocycles. The molecule has 0 N–H and O–H groups in total. The quantitative estimate of drug-likeness (QED) is 0.163. The summed E-state index contributed by atoms with van der Waals surface area (Å²) in [6.07, 6.45) is 0. The number of nitrogens with zero attached hydrogens (tertiary/aromatic N) is 2. The van der Waals surface area contributed by atoms with Gasteiger partial charge in [-0.1, -0.05) is 133 Å². The summed E-state index contributed by atoms with van der Waals surface area (Å²) < 4.78 is 5.05. The highest BCUT2D eigenvalue weighted by Gasteiger charge is 2.20. The third-order valence-corrected chi connectivity index (χ3v) is 11.9. The summed E-state index contributed by atoms with van der Waals surface area (Å²) in [5, 5.41) is 10.1. The van der Waals surface area contributed by atoms with Crippen molar-refractivity contribution in [1.29, 1.82) is 0 Å². The molecule has 2 aromatic heterocycles. The molecule has 11 aromatic rings. The Morgan fingerprint density at radius 2 is 0.962 bits per heavy atom. The lowest BCUT2D eigenvalue weighted by Crippen LogP contribution is -2.11. The van der Waals surface area contributed by atoms with Crippen LogP contribution in [0.2, 0.25) is 0 Å². The molecule has 3 heteroatoms. The van der Waals surface area contributed by atoms with E-state index in [0.717, 1.165) is 22.7 Å². The highest BCUT2D eigenvalue weighted by Crippen LogP contribution is 2.45. The molecule has 0 fully saturated rings. The van der Waals surface area contributed by atoms with Gasteiger partial charge >= 0.3 is 0 Å². The lowest BCUT2D eigenvalue weighted by Gasteiger charge is -2.28. The van der Waals surface area contributed by atoms with Crippen molar-refractivity contribution in [3.63, 3.8) is 0 Å². The summed E-state index contributed by atoms with van der Waals surface area (Å²) in [6, 6.07) is 71.0. The fourth-order valence-electron chi connectivity index (χ4n) is 8.31. The number of rotatable bonds is 5. The van der Waals surface area contributed by atoms with Gasteiger partial charge in [0.2, 0.25) is 0 Å². The molecule has 9 aromatic carbocycles. The first-order valence-corrected chi connectivity index (χ1v) is 18.9. The third kappa shape index (κ3) is 4.78. The molecule has 0 aliphatic heterocycles. The second kappa shape index (κ2) is 11.9. The molecular formula is C50H32N2S. The summed E-state index contributed by atoms with van der Waals surface area (Å²) >= 11 is 1.87. The molecule has 2 nitrogen and oxygen atoms in total. The zero-order valence-electron chi connectivity index (χ0n) is 28.8. The zero-order valence-corrected chi connectivity index (χ0v) is 29.6. The molecule has 11 rings (SSSR count). The highest BCUT2D eigenvalue weighted by atomic mass is 32.1. The van der Waals surface area contributed by atoms with Gasteiger partial charge in [-0.15, -0.1) is 11.3 Å². The minimum Gasteiger partial charge on any atom is -0.310 e. The van der Waals surface area contributed by atoms with Crippen molar-refractivity contribution in [1.82, 2.24) is 4.57 Å². The summed E-state index contributed by atoms with van der Waals surface area (Å²) in [4.78, 5) is 2.44. The summed E-state index contributed by atoms with van der Waals surface area (Å²) in [5.41, 5.74) is 9.34. The first kappa shape index (κ1) is 30.0. The van der Waals surface area contributed by atoms with Crippen molar-refractivity contribution >= 4 is 91.9 Å². The number of thiophene rings is 1. The molecule has 0 bridgehead atoms. The number of hydrogen-bond acceptors (Lipinski definition) is 2. The Morgan fingerprint density at radius 1 is 0.358 bits per heavy atom. The standard InChI is InChI=1S/C50H32N2S/c1-2-13-36(14-3-1)52-46-20-10-8-18-42(46)43-29-27-38(32-48(43)52)51(47-30-35-12-4-5-15-39(35)40-16-6-7-17-41(40)47)37-25-22-33(23-26-37)34-24-28-45-44-19-9-11-21-49(44)53-50(45)31-34/h1-32H. The van der Waals surface area contributed by atoms with Crippen molar-refractivity contribution in [3.8, 4) is 16.8 Å². The van der Waals surface area contributed by atoms with Crippen LogP contribution >= 0.6 is 11.3 Å². The molecule has 0 aliphatic carbocycles. The van der Waals surface area contributed by atoms with Gasteiger partial charge in [-0.3, -0.25) is 0 Å². The van der Waals surface area contributed by atoms with E-state index in [4.69, 9.17) is 0 Å². The van der Waals surface area contributed by atoms with Crippen LogP contribution in [0.15, 0.2) is 194 Å². The van der Waals surface area contributed by atoms with Crippen molar-refractivity contribution in [2.45, 2.75) is 0 Å². The molecule has 53 heavy (non-hydrogen) atoms. The molecule has 0 unspecified atom stereocenters. The molecule has 0 spiro atoms. The van der Waals surface area contributed by atoms with E-state index >= 15 is 0 Å². The van der Waals surface area contributed by atoms with Gasteiger partial charge in [0.05, 0.1) is 16.7 Å². The number of hydrogen-bond donors (Lipinski definition) is 0. The second-order valence-electron chi connectivity index (χ2n) is 13.7. The van der Waals surface area contributed by atoms with Crippen LogP contribution < -0.4 is 4.90 Å². The first-order chi connectivity index (χ1) is 26.3. The Balaban J connectivity index is 1.13. The Kier molecular flexibility index (Phi) is 6.76. The molecule has 0 aliphatic rings. The van der Waals surface area contributed by atoms with Crippen LogP contribution in [0.1, 0.15) is 0 Å². The Morgan fingerprint density at radius 3 is 1.81 bits per heavy atom. The number of aromatic nitrogens is 1. The normalized spacial score (nSPS) is 11.8. The van der Waals surface area contributed by atoms with Crippen LogP contribution in [-0.2, 0) is 0 Å². The van der Waals surface area contributed by atoms with Crippen LogP contribution in [0.5, 0.6) is 0 Å². The van der Waals surface area contributed by atoms with Gasteiger partial charge in [-0.2, -0.15) is 0 Å². The number of para-hydroxylation sites is 2. The van der Waals surface area contributed by atoms with Gasteiger partial charge in [0, 0.05) is 53.4 Å². The van der Waals surface area contributed by atoms with Crippen molar-refractivity contribution < 1.29 is 0 Å². The fourth-order valence-corrected chi connectivity index (χ4v) is 9.45. The van der Waals surface area contributed by atoms with Gasteiger partial charge in [-0.25, -0.2) is 0 Å². The highest BCUT2D eigenvalue weighted by molar-refractivity contribution is 7.25. The monoisotopic (exact) mass is 692 g/mol. The van der Waals surface area contributed by atoms with E-state index in [1.165, 1.54) is 74.6 Å². The van der Waals surface area contributed by atoms with Crippen LogP contribution in [0.25, 0.3) is 80.3 Å². The maximum absolute atomic E-state index is 2.44. The maximum atomic E-state index is 2.44. The first-order valence-electron chi connectivity index (χ1n) is 18.1. The van der Waals surface area contributed by atoms with Crippen LogP contribution in [0.4, 0.5) is 17.1 Å². The predicted octanol–water partition coefficient (Wildman–Crippen LogP) is 14.6. The second-order valence-corrected chi connectivity index (χ2v) is 14.8. The van der Waals surface area contributed by atoms with E-state index in [9.17, 15) is 0 Å². The predicted molar refractivity (Wildman–Crippen MR) is 229 cm³/mol. The van der Waals surface area contributed by atoms with Gasteiger partial charge in [-0.05, 0) is 87.9 Å². The Labute approximate surface area is 311 Å². The van der Waals surface area contributed by atoms with E-state index in [0.29, 0.717) is 0 Å². The van der Waals surface area contributed by atoms with Gasteiger partial charge in [0.25, 0.3) is 0 Å². The zero-order chi connectivity index (χ0) is 34.9. The van der Waals surface area contributed by atoms with Gasteiger partial charge < -0.3 is 9.47 Å². The van der Waals surface area contributed by atoms with E-state index in [-0.39, 0.29) is 0 Å². The van der Waals surface area contributed by atoms with Crippen LogP contribution in [0.3, 0.4) is 0 Å². The third-order valence-electron chi connectivity index (χ3n) is 10.8. The SMILES string of the molecule is c1ccc(-n2c3ccccc3c3ccc(N(c4ccc(-c5ccc6c(c5)sc5ccccc56)cc4)c4cc5ccccc5c5ccccc45)cc32)cc1. The van der Waals surface area contributed by atoms with Crippen molar-refractivity contribution in [2.75, 3.05) is 4.90 Å². The molecule has 0 amide bonds. The molecule has 0 atom stereocenters. The summed E-state index contributed by atoms with van der Waals surface area (Å²) in [7, 11) is 0. The maximum Gasteiger partial charge on any atom is 0.0561 e. The lowest BCUT2D eigenvalue weighted by molar-refractivity contribution is 1.18. The Bertz CT molecular complexity index is 3170. The van der Waals surface area contributed by atoms with E-state index in [1.807, 2.05) is 11.3 Å². The minimum absolute atomic E-state index is 1.11. The van der Waals surface area contributed by atoms with E-state index in [1.54, 1.807) is 0 Å². The molecule has 0 radical (unpaired) electrons. The summed E-state index contributed by atoms with van der Waals surface area (Å²) in [6.45, 7) is 0. The fraction of sp³-hybridized carbons (Fsp3) is 0. The number of benzene rings is 9. The minimum atomic E-state index is 1.11. The molecule has 248 valence electrons. The van der Waals surface area contributed by atoms with E-state index in [2.05, 4.69) is 204 Å². The van der Waals surface area contributed by atoms with Crippen molar-refractivity contribution in [2.24, 2.45) is 0 Å². The van der Waals surface area contributed by atoms with Crippen molar-refractivity contribution in [3.05, 3.63) is 194 Å². The molecule has 0 saturated heterocycles. The smallest absolute Gasteiger partial charge is 0.0561 e. The van der Waals surface area contributed by atoms with Gasteiger partial charge in [0.15, 0.2) is 0 Å². The average Bonchev–Trinajstić information content (AvgIpc) is 3.76. The average molecular weight is 693 g/mol. The van der Waals surface area contributed by atoms with Gasteiger partial charge in [0.1, 0.15) is 0 Å². The number of anilines is 3. The molecular weight excluding hydrogens is 661 g/mol. The van der Waals surface area contributed by atoms with Crippen LogP contribution in [0, 0.1) is 0 Å².